The van der Waals surface area contributed by atoms with Gasteiger partial charge in [-0.25, -0.2) is 9.97 Å². The molecule has 1 N–H and O–H groups in total. The van der Waals surface area contributed by atoms with E-state index in [-0.39, 0.29) is 0 Å². The lowest BCUT2D eigenvalue weighted by atomic mass is 10.2. The minimum absolute atomic E-state index is 0.320. The van der Waals surface area contributed by atoms with Crippen molar-refractivity contribution >= 4 is 5.82 Å². The summed E-state index contributed by atoms with van der Waals surface area (Å²) in [5.41, 5.74) is 0. The van der Waals surface area contributed by atoms with E-state index in [1.807, 2.05) is 0 Å². The molecule has 1 aliphatic rings. The van der Waals surface area contributed by atoms with Crippen LogP contribution in [0.2, 0.25) is 0 Å². The van der Waals surface area contributed by atoms with E-state index in [0.29, 0.717) is 17.7 Å². The van der Waals surface area contributed by atoms with Crippen molar-refractivity contribution in [3.05, 3.63) is 12.4 Å². The summed E-state index contributed by atoms with van der Waals surface area (Å²) in [6.45, 7) is 1.53. The molecule has 0 spiro atoms. The van der Waals surface area contributed by atoms with E-state index in [0.717, 1.165) is 19.6 Å². The van der Waals surface area contributed by atoms with Gasteiger partial charge in [0.2, 0.25) is 0 Å². The van der Waals surface area contributed by atoms with Gasteiger partial charge in [0, 0.05) is 19.0 Å². The van der Waals surface area contributed by atoms with Crippen LogP contribution in [0.4, 0.5) is 5.82 Å². The predicted octanol–water partition coefficient (Wildman–Crippen LogP) is 0.686. The first-order chi connectivity index (χ1) is 6.90. The predicted molar refractivity (Wildman–Crippen MR) is 51.4 cm³/mol. The first kappa shape index (κ1) is 9.21. The second-order valence-corrected chi connectivity index (χ2v) is 3.12. The SMILES string of the molecule is COc1nccnc1NC1CCOC1. The summed E-state index contributed by atoms with van der Waals surface area (Å²) in [5.74, 6) is 1.21. The monoisotopic (exact) mass is 195 g/mol. The van der Waals surface area contributed by atoms with E-state index in [1.165, 1.54) is 0 Å². The van der Waals surface area contributed by atoms with Crippen molar-refractivity contribution in [3.63, 3.8) is 0 Å². The van der Waals surface area contributed by atoms with Gasteiger partial charge in [0.25, 0.3) is 5.88 Å². The Labute approximate surface area is 82.5 Å². The molecule has 0 aliphatic carbocycles. The standard InChI is InChI=1S/C9H13N3O2/c1-13-9-8(10-3-4-11-9)12-7-2-5-14-6-7/h3-4,7H,2,5-6H2,1H3,(H,10,12). The Morgan fingerprint density at radius 2 is 2.36 bits per heavy atom. The Bertz CT molecular complexity index is 300. The van der Waals surface area contributed by atoms with Crippen molar-refractivity contribution in [1.29, 1.82) is 0 Å². The molecule has 0 aromatic carbocycles. The maximum atomic E-state index is 5.25. The zero-order chi connectivity index (χ0) is 9.80. The van der Waals surface area contributed by atoms with Gasteiger partial charge in [-0.05, 0) is 6.42 Å². The fourth-order valence-corrected chi connectivity index (χ4v) is 1.42. The molecule has 0 amide bonds. The number of aromatic nitrogens is 2. The number of anilines is 1. The number of methoxy groups -OCH3 is 1. The minimum atomic E-state index is 0.320. The quantitative estimate of drug-likeness (QED) is 0.768. The number of hydrogen-bond acceptors (Lipinski definition) is 5. The van der Waals surface area contributed by atoms with Crippen molar-refractivity contribution in [2.24, 2.45) is 0 Å². The van der Waals surface area contributed by atoms with E-state index in [2.05, 4.69) is 15.3 Å². The minimum Gasteiger partial charge on any atom is -0.478 e. The van der Waals surface area contributed by atoms with Crippen LogP contribution in [0.1, 0.15) is 6.42 Å². The van der Waals surface area contributed by atoms with Crippen LogP contribution in [0.3, 0.4) is 0 Å². The van der Waals surface area contributed by atoms with E-state index < -0.39 is 0 Å². The second-order valence-electron chi connectivity index (χ2n) is 3.12. The van der Waals surface area contributed by atoms with Gasteiger partial charge in [-0.2, -0.15) is 0 Å². The number of nitrogens with zero attached hydrogens (tertiary/aromatic N) is 2. The van der Waals surface area contributed by atoms with Gasteiger partial charge in [-0.3, -0.25) is 0 Å². The largest absolute Gasteiger partial charge is 0.478 e. The number of ether oxygens (including phenoxy) is 2. The summed E-state index contributed by atoms with van der Waals surface area (Å²) in [6.07, 6.45) is 4.25. The van der Waals surface area contributed by atoms with E-state index in [4.69, 9.17) is 9.47 Å². The zero-order valence-corrected chi connectivity index (χ0v) is 8.06. The molecule has 5 heteroatoms. The molecular weight excluding hydrogens is 182 g/mol. The lowest BCUT2D eigenvalue weighted by Crippen LogP contribution is -2.20. The molecule has 1 aromatic heterocycles. The highest BCUT2D eigenvalue weighted by Gasteiger charge is 2.17. The molecule has 0 radical (unpaired) electrons. The van der Waals surface area contributed by atoms with Gasteiger partial charge in [-0.15, -0.1) is 0 Å². The van der Waals surface area contributed by atoms with E-state index in [9.17, 15) is 0 Å². The smallest absolute Gasteiger partial charge is 0.257 e. The Hall–Kier alpha value is -1.36. The molecule has 1 aromatic rings. The normalized spacial score (nSPS) is 20.8. The first-order valence-corrected chi connectivity index (χ1v) is 4.59. The molecule has 0 bridgehead atoms. The molecule has 2 heterocycles. The lowest BCUT2D eigenvalue weighted by Gasteiger charge is -2.12. The molecule has 1 saturated heterocycles. The molecule has 0 saturated carbocycles. The Morgan fingerprint density at radius 1 is 1.50 bits per heavy atom. The lowest BCUT2D eigenvalue weighted by molar-refractivity contribution is 0.195. The average molecular weight is 195 g/mol. The highest BCUT2D eigenvalue weighted by Crippen LogP contribution is 2.19. The molecule has 76 valence electrons. The van der Waals surface area contributed by atoms with Crippen LogP contribution in [0.15, 0.2) is 12.4 Å². The highest BCUT2D eigenvalue weighted by molar-refractivity contribution is 5.45. The molecule has 2 rings (SSSR count). The first-order valence-electron chi connectivity index (χ1n) is 4.59. The summed E-state index contributed by atoms with van der Waals surface area (Å²) in [4.78, 5) is 8.21. The number of nitrogens with one attached hydrogen (secondary N) is 1. The summed E-state index contributed by atoms with van der Waals surface area (Å²) < 4.78 is 10.3. The van der Waals surface area contributed by atoms with Crippen LogP contribution in [-0.2, 0) is 4.74 Å². The van der Waals surface area contributed by atoms with Crippen LogP contribution in [0.25, 0.3) is 0 Å². The van der Waals surface area contributed by atoms with Gasteiger partial charge in [0.15, 0.2) is 5.82 Å². The summed E-state index contributed by atoms with van der Waals surface area (Å²) in [6, 6.07) is 0.320. The number of rotatable bonds is 3. The highest BCUT2D eigenvalue weighted by atomic mass is 16.5. The third kappa shape index (κ3) is 1.93. The molecule has 1 fully saturated rings. The topological polar surface area (TPSA) is 56.3 Å². The maximum Gasteiger partial charge on any atom is 0.257 e. The van der Waals surface area contributed by atoms with Crippen molar-refractivity contribution in [3.8, 4) is 5.88 Å². The van der Waals surface area contributed by atoms with Crippen molar-refractivity contribution in [2.45, 2.75) is 12.5 Å². The zero-order valence-electron chi connectivity index (χ0n) is 8.06. The van der Waals surface area contributed by atoms with Crippen LogP contribution < -0.4 is 10.1 Å². The molecule has 1 unspecified atom stereocenters. The van der Waals surface area contributed by atoms with Crippen molar-refractivity contribution < 1.29 is 9.47 Å². The van der Waals surface area contributed by atoms with Crippen molar-refractivity contribution in [2.75, 3.05) is 25.6 Å². The van der Waals surface area contributed by atoms with Gasteiger partial charge >= 0.3 is 0 Å². The summed E-state index contributed by atoms with van der Waals surface area (Å²) >= 11 is 0. The average Bonchev–Trinajstić information content (AvgIpc) is 2.71. The van der Waals surface area contributed by atoms with Crippen LogP contribution in [0.5, 0.6) is 5.88 Å². The van der Waals surface area contributed by atoms with E-state index in [1.54, 1.807) is 19.5 Å². The summed E-state index contributed by atoms with van der Waals surface area (Å²) in [5, 5.41) is 3.24. The van der Waals surface area contributed by atoms with Gasteiger partial charge in [-0.1, -0.05) is 0 Å². The third-order valence-electron chi connectivity index (χ3n) is 2.13. The Balaban J connectivity index is 2.07. The van der Waals surface area contributed by atoms with E-state index >= 15 is 0 Å². The maximum absolute atomic E-state index is 5.25. The Morgan fingerprint density at radius 3 is 3.07 bits per heavy atom. The fraction of sp³-hybridized carbons (Fsp3) is 0.556. The van der Waals surface area contributed by atoms with Crippen molar-refractivity contribution in [1.82, 2.24) is 9.97 Å². The summed E-state index contributed by atoms with van der Waals surface area (Å²) in [7, 11) is 1.58. The van der Waals surface area contributed by atoms with Gasteiger partial charge in [0.1, 0.15) is 0 Å². The third-order valence-corrected chi connectivity index (χ3v) is 2.13. The van der Waals surface area contributed by atoms with Crippen LogP contribution >= 0.6 is 0 Å². The van der Waals surface area contributed by atoms with Crippen LogP contribution in [0, 0.1) is 0 Å². The molecule has 14 heavy (non-hydrogen) atoms. The second kappa shape index (κ2) is 4.23. The van der Waals surface area contributed by atoms with Gasteiger partial charge in [0.05, 0.1) is 19.8 Å². The molecular formula is C9H13N3O2. The van der Waals surface area contributed by atoms with Crippen LogP contribution in [-0.4, -0.2) is 36.3 Å². The molecule has 1 atom stereocenters. The molecule has 1 aliphatic heterocycles. The number of hydrogen-bond donors (Lipinski definition) is 1. The van der Waals surface area contributed by atoms with Gasteiger partial charge < -0.3 is 14.8 Å². The Kier molecular flexibility index (Phi) is 2.78. The molecule has 5 nitrogen and oxygen atoms in total. The fourth-order valence-electron chi connectivity index (χ4n) is 1.42.